The minimum Gasteiger partial charge on any atom is -0.449 e. The van der Waals surface area contributed by atoms with Crippen LogP contribution in [0.4, 0.5) is 17.6 Å². The van der Waals surface area contributed by atoms with E-state index in [1.807, 2.05) is 13.0 Å². The molecule has 0 spiro atoms. The monoisotopic (exact) mass is 556 g/mol. The van der Waals surface area contributed by atoms with Gasteiger partial charge in [-0.05, 0) is 85.8 Å². The molecule has 40 heavy (non-hydrogen) atoms. The first-order valence-corrected chi connectivity index (χ1v) is 12.9. The first-order valence-electron chi connectivity index (χ1n) is 12.9. The summed E-state index contributed by atoms with van der Waals surface area (Å²) in [7, 11) is 0. The minimum absolute atomic E-state index is 0.0439. The van der Waals surface area contributed by atoms with E-state index in [1.165, 1.54) is 30.3 Å². The van der Waals surface area contributed by atoms with Gasteiger partial charge in [-0.3, -0.25) is 4.79 Å². The summed E-state index contributed by atoms with van der Waals surface area (Å²) >= 11 is 0. The number of alkyl halides is 3. The van der Waals surface area contributed by atoms with Crippen molar-refractivity contribution in [3.05, 3.63) is 98.7 Å². The fourth-order valence-corrected chi connectivity index (χ4v) is 4.42. The molecule has 0 fully saturated rings. The van der Waals surface area contributed by atoms with Gasteiger partial charge in [0.05, 0.1) is 10.9 Å². The Bertz CT molecular complexity index is 1570. The standard InChI is InChI=1S/C31H28F4O5/c1-4-5-6-7-8-21-16-24-26(17-25(21)40-30(37)20-9-11-22(32)12-10-20)39-29(31(33,34)35)28(27(24)36)38-23-14-18(2)13-19(3)15-23/h9-17H,4-8H2,1-3H3. The van der Waals surface area contributed by atoms with Crippen molar-refractivity contribution >= 4 is 16.9 Å². The van der Waals surface area contributed by atoms with Gasteiger partial charge >= 0.3 is 12.1 Å². The van der Waals surface area contributed by atoms with Crippen LogP contribution >= 0.6 is 0 Å². The average Bonchev–Trinajstić information content (AvgIpc) is 2.87. The van der Waals surface area contributed by atoms with E-state index in [1.54, 1.807) is 13.8 Å². The highest BCUT2D eigenvalue weighted by Crippen LogP contribution is 2.39. The predicted molar refractivity (Wildman–Crippen MR) is 143 cm³/mol. The highest BCUT2D eigenvalue weighted by Gasteiger charge is 2.40. The Labute approximate surface area is 228 Å². The molecule has 0 radical (unpaired) electrons. The van der Waals surface area contributed by atoms with Crippen LogP contribution in [0, 0.1) is 19.7 Å². The number of esters is 1. The smallest absolute Gasteiger partial charge is 0.449 e. The summed E-state index contributed by atoms with van der Waals surface area (Å²) in [5.41, 5.74) is 0.575. The summed E-state index contributed by atoms with van der Waals surface area (Å²) in [6.45, 7) is 5.56. The number of halogens is 4. The third-order valence-electron chi connectivity index (χ3n) is 6.29. The van der Waals surface area contributed by atoms with Gasteiger partial charge in [0, 0.05) is 6.07 Å². The lowest BCUT2D eigenvalue weighted by atomic mass is 10.0. The number of benzene rings is 3. The van der Waals surface area contributed by atoms with Gasteiger partial charge in [-0.2, -0.15) is 13.2 Å². The minimum atomic E-state index is -5.05. The Morgan fingerprint density at radius 1 is 0.925 bits per heavy atom. The molecule has 1 heterocycles. The van der Waals surface area contributed by atoms with Crippen molar-refractivity contribution in [1.82, 2.24) is 0 Å². The second kappa shape index (κ2) is 11.9. The molecule has 5 nitrogen and oxygen atoms in total. The summed E-state index contributed by atoms with van der Waals surface area (Å²) < 4.78 is 71.8. The van der Waals surface area contributed by atoms with Crippen LogP contribution in [0.2, 0.25) is 0 Å². The number of ether oxygens (including phenoxy) is 2. The Hall–Kier alpha value is -4.14. The molecule has 0 aliphatic heterocycles. The molecule has 1 aromatic heterocycles. The van der Waals surface area contributed by atoms with Crippen LogP contribution in [-0.2, 0) is 12.6 Å². The third-order valence-corrected chi connectivity index (χ3v) is 6.29. The number of rotatable bonds is 9. The highest BCUT2D eigenvalue weighted by molar-refractivity contribution is 5.92. The summed E-state index contributed by atoms with van der Waals surface area (Å²) in [6, 6.07) is 12.0. The largest absolute Gasteiger partial charge is 0.453 e. The molecule has 0 unspecified atom stereocenters. The lowest BCUT2D eigenvalue weighted by Crippen LogP contribution is -2.16. The van der Waals surface area contributed by atoms with Crippen molar-refractivity contribution in [1.29, 1.82) is 0 Å². The number of carbonyl (C=O) groups excluding carboxylic acids is 1. The Balaban J connectivity index is 1.84. The van der Waals surface area contributed by atoms with Crippen molar-refractivity contribution in [2.24, 2.45) is 0 Å². The third kappa shape index (κ3) is 6.70. The molecule has 210 valence electrons. The van der Waals surface area contributed by atoms with Crippen LogP contribution in [0.15, 0.2) is 63.8 Å². The first kappa shape index (κ1) is 28.9. The fraction of sp³-hybridized carbons (Fsp3) is 0.290. The van der Waals surface area contributed by atoms with Crippen LogP contribution in [0.5, 0.6) is 17.2 Å². The molecule has 0 aliphatic rings. The molecule has 3 aromatic carbocycles. The van der Waals surface area contributed by atoms with E-state index in [-0.39, 0.29) is 22.4 Å². The molecule has 0 saturated carbocycles. The Morgan fingerprint density at radius 2 is 1.60 bits per heavy atom. The van der Waals surface area contributed by atoms with Gasteiger partial charge in [-0.15, -0.1) is 0 Å². The van der Waals surface area contributed by atoms with E-state index in [0.717, 1.165) is 48.6 Å². The maximum absolute atomic E-state index is 14.1. The van der Waals surface area contributed by atoms with E-state index in [0.29, 0.717) is 18.4 Å². The molecule has 0 amide bonds. The van der Waals surface area contributed by atoms with Crippen LogP contribution in [-0.4, -0.2) is 5.97 Å². The van der Waals surface area contributed by atoms with Crippen LogP contribution in [0.1, 0.15) is 65.4 Å². The molecule has 0 bridgehead atoms. The molecule has 0 N–H and O–H groups in total. The van der Waals surface area contributed by atoms with Crippen molar-refractivity contribution in [3.8, 4) is 17.2 Å². The number of unbranched alkanes of at least 4 members (excludes halogenated alkanes) is 3. The molecule has 0 saturated heterocycles. The number of hydrogen-bond acceptors (Lipinski definition) is 5. The van der Waals surface area contributed by atoms with E-state index in [9.17, 15) is 27.2 Å². The van der Waals surface area contributed by atoms with E-state index < -0.39 is 40.5 Å². The lowest BCUT2D eigenvalue weighted by Gasteiger charge is -2.16. The normalized spacial score (nSPS) is 11.6. The SMILES string of the molecule is CCCCCCc1cc2c(=O)c(Oc3cc(C)cc(C)c3)c(C(F)(F)F)oc2cc1OC(=O)c1ccc(F)cc1. The Morgan fingerprint density at radius 3 is 2.23 bits per heavy atom. The van der Waals surface area contributed by atoms with Gasteiger partial charge in [0.15, 0.2) is 0 Å². The van der Waals surface area contributed by atoms with Crippen molar-refractivity contribution < 1.29 is 36.2 Å². The van der Waals surface area contributed by atoms with Crippen LogP contribution in [0.25, 0.3) is 11.0 Å². The topological polar surface area (TPSA) is 65.7 Å². The first-order chi connectivity index (χ1) is 19.0. The van der Waals surface area contributed by atoms with Crippen LogP contribution < -0.4 is 14.9 Å². The number of carbonyl (C=O) groups is 1. The zero-order valence-electron chi connectivity index (χ0n) is 22.3. The van der Waals surface area contributed by atoms with Gasteiger partial charge in [0.2, 0.25) is 11.2 Å². The van der Waals surface area contributed by atoms with Gasteiger partial charge in [-0.1, -0.05) is 32.3 Å². The molecule has 4 aromatic rings. The van der Waals surface area contributed by atoms with Gasteiger partial charge in [0.1, 0.15) is 22.9 Å². The summed E-state index contributed by atoms with van der Waals surface area (Å²) in [4.78, 5) is 26.2. The van der Waals surface area contributed by atoms with Crippen LogP contribution in [0.3, 0.4) is 0 Å². The molecular formula is C31H28F4O5. The number of aryl methyl sites for hydroxylation is 3. The molecule has 0 aliphatic carbocycles. The zero-order valence-corrected chi connectivity index (χ0v) is 22.3. The maximum atomic E-state index is 14.1. The zero-order chi connectivity index (χ0) is 29.0. The van der Waals surface area contributed by atoms with Crippen molar-refractivity contribution in [2.75, 3.05) is 0 Å². The lowest BCUT2D eigenvalue weighted by molar-refractivity contribution is -0.154. The molecule has 0 atom stereocenters. The molecule has 9 heteroatoms. The summed E-state index contributed by atoms with van der Waals surface area (Å²) in [5, 5.41) is -0.139. The second-order valence-electron chi connectivity index (χ2n) is 9.68. The van der Waals surface area contributed by atoms with Gasteiger partial charge in [0.25, 0.3) is 5.76 Å². The van der Waals surface area contributed by atoms with Crippen molar-refractivity contribution in [2.45, 2.75) is 59.1 Å². The summed E-state index contributed by atoms with van der Waals surface area (Å²) in [6.07, 6.45) is -1.15. The summed E-state index contributed by atoms with van der Waals surface area (Å²) in [5.74, 6) is -3.92. The predicted octanol–water partition coefficient (Wildman–Crippen LogP) is 8.70. The maximum Gasteiger partial charge on any atom is 0.453 e. The Kier molecular flexibility index (Phi) is 8.61. The average molecular weight is 557 g/mol. The highest BCUT2D eigenvalue weighted by atomic mass is 19.4. The van der Waals surface area contributed by atoms with E-state index in [2.05, 4.69) is 0 Å². The van der Waals surface area contributed by atoms with Crippen molar-refractivity contribution in [3.63, 3.8) is 0 Å². The quantitative estimate of drug-likeness (QED) is 0.0893. The molecular weight excluding hydrogens is 528 g/mol. The van der Waals surface area contributed by atoms with Gasteiger partial charge in [-0.25, -0.2) is 9.18 Å². The number of hydrogen-bond donors (Lipinski definition) is 0. The van der Waals surface area contributed by atoms with E-state index in [4.69, 9.17) is 13.9 Å². The fourth-order valence-electron chi connectivity index (χ4n) is 4.42. The van der Waals surface area contributed by atoms with E-state index >= 15 is 0 Å². The molecule has 4 rings (SSSR count). The van der Waals surface area contributed by atoms with Gasteiger partial charge < -0.3 is 13.9 Å². The number of fused-ring (bicyclic) bond motifs is 1. The second-order valence-corrected chi connectivity index (χ2v) is 9.68.